The molecule has 20 heteroatoms. The fraction of sp³-hybridized carbons (Fsp3) is 0.545. The normalized spacial score (nSPS) is 29.8. The Labute approximate surface area is 172 Å². The van der Waals surface area contributed by atoms with Gasteiger partial charge in [-0.2, -0.15) is 4.31 Å². The minimum atomic E-state index is -5.55. The molecular weight excluding hydrogens is 487 g/mol. The van der Waals surface area contributed by atoms with E-state index in [9.17, 15) is 23.5 Å². The van der Waals surface area contributed by atoms with Crippen molar-refractivity contribution in [2.45, 2.75) is 24.5 Å². The molecule has 2 saturated heterocycles. The summed E-state index contributed by atoms with van der Waals surface area (Å²) in [7, 11) is -16.0. The van der Waals surface area contributed by atoms with Crippen molar-refractivity contribution in [1.29, 1.82) is 0 Å². The highest BCUT2D eigenvalue weighted by Crippen LogP contribution is 2.66. The number of phosphoric acid groups is 2. The van der Waals surface area contributed by atoms with E-state index in [0.29, 0.717) is 11.2 Å². The molecule has 0 radical (unpaired) electrons. The van der Waals surface area contributed by atoms with Crippen molar-refractivity contribution in [2.75, 3.05) is 18.7 Å². The number of nitrogen functional groups attached to an aromatic ring is 1. The second kappa shape index (κ2) is 7.92. The van der Waals surface area contributed by atoms with Crippen LogP contribution in [0.3, 0.4) is 0 Å². The molecule has 4 heterocycles. The fourth-order valence-corrected chi connectivity index (χ4v) is 6.52. The van der Waals surface area contributed by atoms with Crippen molar-refractivity contribution in [3.05, 3.63) is 12.7 Å². The standard InChI is InChI=1S/C11H16N5O12P3/c12-9-6-10(14-2-13-9)16(3-15-6)11-8-7(5(26-11)1-24-8)25-4-29(17,18)27-31(22,23)28-30(19,20)21/h2-3,5,7-8,11H,1,4H2,(H,17,18)(H,22,23)(H2,12,13,14)(H2,19,20,21)/t5-,7-,8+,11+/m0/s1. The van der Waals surface area contributed by atoms with Crippen LogP contribution in [0.25, 0.3) is 11.2 Å². The molecule has 6 N–H and O–H groups in total. The highest BCUT2D eigenvalue weighted by Gasteiger charge is 2.54. The van der Waals surface area contributed by atoms with Crippen LogP contribution < -0.4 is 5.73 Å². The van der Waals surface area contributed by atoms with Gasteiger partial charge in [0.2, 0.25) is 0 Å². The summed E-state index contributed by atoms with van der Waals surface area (Å²) < 4.78 is 59.9. The predicted molar refractivity (Wildman–Crippen MR) is 97.0 cm³/mol. The predicted octanol–water partition coefficient (Wildman–Crippen LogP) is -0.541. The quantitative estimate of drug-likeness (QED) is 0.284. The van der Waals surface area contributed by atoms with Crippen molar-refractivity contribution in [3.63, 3.8) is 0 Å². The van der Waals surface area contributed by atoms with Crippen molar-refractivity contribution in [1.82, 2.24) is 19.5 Å². The van der Waals surface area contributed by atoms with E-state index < -0.39 is 54.1 Å². The van der Waals surface area contributed by atoms with Crippen molar-refractivity contribution in [3.8, 4) is 0 Å². The first-order valence-electron chi connectivity index (χ1n) is 8.30. The largest absolute Gasteiger partial charge is 0.488 e. The molecule has 0 aromatic carbocycles. The third-order valence-corrected chi connectivity index (χ3v) is 8.27. The summed E-state index contributed by atoms with van der Waals surface area (Å²) in [5, 5.41) is 0. The Kier molecular flexibility index (Phi) is 5.84. The second-order valence-electron chi connectivity index (χ2n) is 6.47. The molecular formula is C11H16N5O12P3. The van der Waals surface area contributed by atoms with Crippen molar-refractivity contribution < 1.29 is 56.1 Å². The minimum Gasteiger partial charge on any atom is -0.382 e. The summed E-state index contributed by atoms with van der Waals surface area (Å²) in [5.74, 6) is 0.157. The van der Waals surface area contributed by atoms with Crippen molar-refractivity contribution >= 4 is 40.2 Å². The van der Waals surface area contributed by atoms with Crippen molar-refractivity contribution in [2.24, 2.45) is 0 Å². The summed E-state index contributed by atoms with van der Waals surface area (Å²) >= 11 is 0. The van der Waals surface area contributed by atoms with Gasteiger partial charge in [-0.25, -0.2) is 28.4 Å². The molecule has 0 aliphatic carbocycles. The number of rotatable bonds is 8. The van der Waals surface area contributed by atoms with Gasteiger partial charge in [0, 0.05) is 0 Å². The van der Waals surface area contributed by atoms with Gasteiger partial charge in [0.25, 0.3) is 0 Å². The van der Waals surface area contributed by atoms with Gasteiger partial charge in [-0.15, -0.1) is 0 Å². The molecule has 17 nitrogen and oxygen atoms in total. The van der Waals surface area contributed by atoms with Gasteiger partial charge in [0.1, 0.15) is 36.5 Å². The molecule has 6 atom stereocenters. The number of hydrogen-bond donors (Lipinski definition) is 5. The summed E-state index contributed by atoms with van der Waals surface area (Å²) in [6.07, 6.45) is -1.56. The molecule has 2 aromatic rings. The third kappa shape index (κ3) is 4.88. The smallest absolute Gasteiger partial charge is 0.382 e. The zero-order valence-electron chi connectivity index (χ0n) is 15.1. The molecule has 0 saturated carbocycles. The molecule has 172 valence electrons. The maximum atomic E-state index is 12.0. The third-order valence-electron chi connectivity index (χ3n) is 4.27. The maximum Gasteiger partial charge on any atom is 0.488 e. The Morgan fingerprint density at radius 1 is 1.16 bits per heavy atom. The summed E-state index contributed by atoms with van der Waals surface area (Å²) in [6, 6.07) is 0. The molecule has 2 fully saturated rings. The van der Waals surface area contributed by atoms with E-state index in [1.54, 1.807) is 0 Å². The summed E-state index contributed by atoms with van der Waals surface area (Å²) in [6.45, 7) is 0.103. The molecule has 2 unspecified atom stereocenters. The van der Waals surface area contributed by atoms with Gasteiger partial charge >= 0.3 is 23.2 Å². The lowest BCUT2D eigenvalue weighted by molar-refractivity contribution is -0.125. The monoisotopic (exact) mass is 503 g/mol. The average Bonchev–Trinajstić information content (AvgIpc) is 3.29. The van der Waals surface area contributed by atoms with E-state index in [2.05, 4.69) is 23.6 Å². The van der Waals surface area contributed by atoms with E-state index in [4.69, 9.17) is 29.7 Å². The number of nitrogens with zero attached hydrogens (tertiary/aromatic N) is 4. The zero-order valence-corrected chi connectivity index (χ0v) is 17.8. The number of fused-ring (bicyclic) bond motifs is 3. The number of nitrogens with two attached hydrogens (primary N) is 1. The Bertz CT molecular complexity index is 1140. The molecule has 2 aromatic heterocycles. The number of aromatic nitrogens is 4. The first-order chi connectivity index (χ1) is 14.4. The van der Waals surface area contributed by atoms with Crippen LogP contribution in [0.15, 0.2) is 12.7 Å². The number of anilines is 1. The lowest BCUT2D eigenvalue weighted by Crippen LogP contribution is -2.29. The molecule has 2 aliphatic heterocycles. The van der Waals surface area contributed by atoms with Gasteiger partial charge in [0.05, 0.1) is 12.9 Å². The van der Waals surface area contributed by atoms with Crippen LogP contribution in [-0.2, 0) is 36.5 Å². The van der Waals surface area contributed by atoms with Crippen LogP contribution in [0, 0.1) is 0 Å². The molecule has 2 bridgehead atoms. The molecule has 2 aliphatic rings. The van der Waals surface area contributed by atoms with E-state index in [0.717, 1.165) is 0 Å². The van der Waals surface area contributed by atoms with Gasteiger partial charge in [-0.05, 0) is 0 Å². The topological polar surface area (TPSA) is 248 Å². The highest BCUT2D eigenvalue weighted by molar-refractivity contribution is 7.68. The minimum absolute atomic E-state index is 0.103. The first kappa shape index (κ1) is 22.9. The van der Waals surface area contributed by atoms with Gasteiger partial charge in [-0.3, -0.25) is 9.13 Å². The summed E-state index contributed by atoms with van der Waals surface area (Å²) in [5.41, 5.74) is 6.45. The Balaban J connectivity index is 1.44. The Morgan fingerprint density at radius 3 is 2.61 bits per heavy atom. The number of hydrogen-bond acceptors (Lipinski definition) is 12. The van der Waals surface area contributed by atoms with Crippen LogP contribution >= 0.6 is 23.2 Å². The van der Waals surface area contributed by atoms with Gasteiger partial charge in [-0.1, -0.05) is 0 Å². The first-order valence-corrected chi connectivity index (χ1v) is 13.1. The van der Waals surface area contributed by atoms with E-state index >= 15 is 0 Å². The Morgan fingerprint density at radius 2 is 1.90 bits per heavy atom. The molecule has 31 heavy (non-hydrogen) atoms. The number of imidazole rings is 1. The highest BCUT2D eigenvalue weighted by atomic mass is 31.3. The average molecular weight is 503 g/mol. The molecule has 4 rings (SSSR count). The van der Waals surface area contributed by atoms with Gasteiger partial charge < -0.3 is 39.5 Å². The number of ether oxygens (including phenoxy) is 3. The summed E-state index contributed by atoms with van der Waals surface area (Å²) in [4.78, 5) is 48.1. The zero-order chi connectivity index (χ0) is 22.6. The lowest BCUT2D eigenvalue weighted by Gasteiger charge is -2.23. The van der Waals surface area contributed by atoms with Crippen LogP contribution in [-0.4, -0.2) is 70.4 Å². The van der Waals surface area contributed by atoms with Gasteiger partial charge in [0.15, 0.2) is 17.7 Å². The van der Waals surface area contributed by atoms with Crippen LogP contribution in [0.4, 0.5) is 5.82 Å². The van der Waals surface area contributed by atoms with E-state index in [1.807, 2.05) is 0 Å². The van der Waals surface area contributed by atoms with E-state index in [-0.39, 0.29) is 12.4 Å². The van der Waals surface area contributed by atoms with Crippen LogP contribution in [0.5, 0.6) is 0 Å². The maximum absolute atomic E-state index is 12.0. The Hall–Kier alpha value is -1.32. The SMILES string of the molecule is Nc1ncnc2c1ncn2[C@@H]1O[C@H]2CO[C@@H]1[C@H]2OCP(=O)(O)OP(=O)(O)OP(=O)(O)O. The second-order valence-corrected chi connectivity index (χ2v) is 11.2. The molecule has 0 amide bonds. The molecule has 0 spiro atoms. The fourth-order valence-electron chi connectivity index (χ4n) is 3.22. The van der Waals surface area contributed by atoms with Crippen LogP contribution in [0.1, 0.15) is 6.23 Å². The van der Waals surface area contributed by atoms with Crippen LogP contribution in [0.2, 0.25) is 0 Å². The van der Waals surface area contributed by atoms with E-state index in [1.165, 1.54) is 17.2 Å². The lowest BCUT2D eigenvalue weighted by atomic mass is 10.2.